The Morgan fingerprint density at radius 3 is 2.56 bits per heavy atom. The van der Waals surface area contributed by atoms with Gasteiger partial charge in [0.25, 0.3) is 0 Å². The van der Waals surface area contributed by atoms with Gasteiger partial charge in [0, 0.05) is 20.2 Å². The van der Waals surface area contributed by atoms with Crippen LogP contribution in [0.25, 0.3) is 0 Å². The van der Waals surface area contributed by atoms with E-state index in [0.29, 0.717) is 0 Å². The average molecular weight is 278 g/mol. The third kappa shape index (κ3) is 3.58. The second-order valence-electron chi connectivity index (χ2n) is 4.80. The van der Waals surface area contributed by atoms with Crippen LogP contribution in [0.1, 0.15) is 20.8 Å². The number of urea groups is 1. The third-order valence-electron chi connectivity index (χ3n) is 3.45. The van der Waals surface area contributed by atoms with Crippen molar-refractivity contribution in [2.75, 3.05) is 26.0 Å². The summed E-state index contributed by atoms with van der Waals surface area (Å²) in [4.78, 5) is 13.5. The molecule has 3 atom stereocenters. The zero-order chi connectivity index (χ0) is 13.9. The molecule has 1 heterocycles. The second-order valence-corrected chi connectivity index (χ2v) is 7.34. The number of carbonyl (C=O) groups excluding carboxylic acids is 1. The predicted octanol–water partition coefficient (Wildman–Crippen LogP) is 0.238. The number of methoxy groups -OCH3 is 1. The lowest BCUT2D eigenvalue weighted by Gasteiger charge is -2.32. The van der Waals surface area contributed by atoms with Gasteiger partial charge >= 0.3 is 6.03 Å². The van der Waals surface area contributed by atoms with Crippen molar-refractivity contribution in [3.8, 4) is 0 Å². The quantitative estimate of drug-likeness (QED) is 0.802. The van der Waals surface area contributed by atoms with Crippen molar-refractivity contribution < 1.29 is 17.9 Å². The van der Waals surface area contributed by atoms with E-state index in [1.807, 2.05) is 13.8 Å². The standard InChI is InChI=1S/C11H22N2O4S/c1-8-7-13(5-6-18(8,15)16)11(14)12-9(2)10(3)17-4/h8-10H,5-7H2,1-4H3,(H,12,14)/t8?,9-,10?/m0/s1. The Hall–Kier alpha value is -0.820. The molecule has 18 heavy (non-hydrogen) atoms. The highest BCUT2D eigenvalue weighted by Gasteiger charge is 2.32. The molecule has 1 aliphatic heterocycles. The number of rotatable bonds is 3. The zero-order valence-corrected chi connectivity index (χ0v) is 12.2. The van der Waals surface area contributed by atoms with Gasteiger partial charge in [0.2, 0.25) is 0 Å². The van der Waals surface area contributed by atoms with Crippen molar-refractivity contribution in [3.63, 3.8) is 0 Å². The minimum atomic E-state index is -3.02. The Morgan fingerprint density at radius 2 is 2.06 bits per heavy atom. The predicted molar refractivity (Wildman–Crippen MR) is 69.3 cm³/mol. The van der Waals surface area contributed by atoms with Gasteiger partial charge in [0.05, 0.1) is 23.1 Å². The molecule has 0 aromatic rings. The highest BCUT2D eigenvalue weighted by molar-refractivity contribution is 7.92. The van der Waals surface area contributed by atoms with Crippen molar-refractivity contribution in [2.24, 2.45) is 0 Å². The third-order valence-corrected chi connectivity index (χ3v) is 5.58. The van der Waals surface area contributed by atoms with Gasteiger partial charge in [-0.25, -0.2) is 13.2 Å². The van der Waals surface area contributed by atoms with Gasteiger partial charge < -0.3 is 15.0 Å². The first-order valence-corrected chi connectivity index (χ1v) is 7.79. The summed E-state index contributed by atoms with van der Waals surface area (Å²) in [6.45, 7) is 5.87. The molecule has 0 aromatic heterocycles. The van der Waals surface area contributed by atoms with Crippen LogP contribution in [-0.2, 0) is 14.6 Å². The van der Waals surface area contributed by atoms with E-state index in [0.717, 1.165) is 0 Å². The summed E-state index contributed by atoms with van der Waals surface area (Å²) in [5, 5.41) is 2.32. The number of hydrogen-bond donors (Lipinski definition) is 1. The molecule has 106 valence electrons. The fourth-order valence-electron chi connectivity index (χ4n) is 1.75. The Morgan fingerprint density at radius 1 is 1.44 bits per heavy atom. The summed E-state index contributed by atoms with van der Waals surface area (Å²) in [6, 6.07) is -0.343. The normalized spacial score (nSPS) is 26.4. The molecular weight excluding hydrogens is 256 g/mol. The summed E-state index contributed by atoms with van der Waals surface area (Å²) in [5.74, 6) is 0.0375. The van der Waals surface area contributed by atoms with E-state index in [1.54, 1.807) is 18.9 Å². The Labute approximate surface area is 109 Å². The number of amides is 2. The fraction of sp³-hybridized carbons (Fsp3) is 0.909. The van der Waals surface area contributed by atoms with E-state index in [4.69, 9.17) is 4.74 Å². The Kier molecular flexibility index (Phi) is 4.98. The number of nitrogens with zero attached hydrogens (tertiary/aromatic N) is 1. The van der Waals surface area contributed by atoms with E-state index in [2.05, 4.69) is 5.32 Å². The van der Waals surface area contributed by atoms with E-state index in [9.17, 15) is 13.2 Å². The zero-order valence-electron chi connectivity index (χ0n) is 11.3. The molecule has 1 fully saturated rings. The maximum Gasteiger partial charge on any atom is 0.317 e. The summed E-state index contributed by atoms with van der Waals surface area (Å²) in [5.41, 5.74) is 0. The van der Waals surface area contributed by atoms with Gasteiger partial charge in [-0.3, -0.25) is 0 Å². The van der Waals surface area contributed by atoms with Crippen molar-refractivity contribution in [1.82, 2.24) is 10.2 Å². The molecule has 0 bridgehead atoms. The van der Waals surface area contributed by atoms with E-state index in [-0.39, 0.29) is 37.0 Å². The monoisotopic (exact) mass is 278 g/mol. The van der Waals surface area contributed by atoms with Crippen LogP contribution in [0.4, 0.5) is 4.79 Å². The van der Waals surface area contributed by atoms with Gasteiger partial charge in [-0.15, -0.1) is 0 Å². The minimum Gasteiger partial charge on any atom is -0.380 e. The van der Waals surface area contributed by atoms with Gasteiger partial charge in [-0.1, -0.05) is 0 Å². The molecule has 0 saturated carbocycles. The Bertz CT molecular complexity index is 396. The highest BCUT2D eigenvalue weighted by Crippen LogP contribution is 2.12. The molecule has 0 aromatic carbocycles. The lowest BCUT2D eigenvalue weighted by molar-refractivity contribution is 0.0881. The van der Waals surface area contributed by atoms with Gasteiger partial charge in [0.1, 0.15) is 0 Å². The van der Waals surface area contributed by atoms with Crippen LogP contribution in [0, 0.1) is 0 Å². The van der Waals surface area contributed by atoms with Crippen LogP contribution in [0.3, 0.4) is 0 Å². The first-order valence-electron chi connectivity index (χ1n) is 6.07. The topological polar surface area (TPSA) is 75.7 Å². The SMILES string of the molecule is COC(C)[C@H](C)NC(=O)N1CCS(=O)(=O)C(C)C1. The van der Waals surface area contributed by atoms with E-state index in [1.165, 1.54) is 0 Å². The first-order chi connectivity index (χ1) is 8.27. The van der Waals surface area contributed by atoms with Crippen molar-refractivity contribution in [3.05, 3.63) is 0 Å². The molecule has 0 radical (unpaired) electrons. The van der Waals surface area contributed by atoms with Crippen LogP contribution in [0.15, 0.2) is 0 Å². The van der Waals surface area contributed by atoms with Crippen molar-refractivity contribution in [1.29, 1.82) is 0 Å². The second kappa shape index (κ2) is 5.88. The molecular formula is C11H22N2O4S. The van der Waals surface area contributed by atoms with Crippen molar-refractivity contribution >= 4 is 15.9 Å². The van der Waals surface area contributed by atoms with E-state index < -0.39 is 15.1 Å². The molecule has 0 spiro atoms. The number of sulfone groups is 1. The first kappa shape index (κ1) is 15.2. The summed E-state index contributed by atoms with van der Waals surface area (Å²) in [7, 11) is -1.44. The summed E-state index contributed by atoms with van der Waals surface area (Å²) in [6.07, 6.45) is -0.0834. The molecule has 6 nitrogen and oxygen atoms in total. The van der Waals surface area contributed by atoms with Gasteiger partial charge in [-0.05, 0) is 20.8 Å². The summed E-state index contributed by atoms with van der Waals surface area (Å²) < 4.78 is 28.2. The smallest absolute Gasteiger partial charge is 0.317 e. The molecule has 2 unspecified atom stereocenters. The molecule has 7 heteroatoms. The fourth-order valence-corrected chi connectivity index (χ4v) is 3.03. The maximum atomic E-state index is 11.9. The highest BCUT2D eigenvalue weighted by atomic mass is 32.2. The van der Waals surface area contributed by atoms with Crippen LogP contribution >= 0.6 is 0 Å². The molecule has 0 aliphatic carbocycles. The molecule has 1 N–H and O–H groups in total. The van der Waals surface area contributed by atoms with Gasteiger partial charge in [-0.2, -0.15) is 0 Å². The van der Waals surface area contributed by atoms with Gasteiger partial charge in [0.15, 0.2) is 9.84 Å². The maximum absolute atomic E-state index is 11.9. The molecule has 2 amide bonds. The summed E-state index contributed by atoms with van der Waals surface area (Å²) >= 11 is 0. The van der Waals surface area contributed by atoms with Crippen LogP contribution in [0.2, 0.25) is 0 Å². The number of nitrogens with one attached hydrogen (secondary N) is 1. The number of carbonyl (C=O) groups is 1. The largest absolute Gasteiger partial charge is 0.380 e. The van der Waals surface area contributed by atoms with E-state index >= 15 is 0 Å². The average Bonchev–Trinajstić information content (AvgIpc) is 2.31. The van der Waals surface area contributed by atoms with Crippen LogP contribution in [-0.4, -0.2) is 62.7 Å². The number of ether oxygens (including phenoxy) is 1. The minimum absolute atomic E-state index is 0.0375. The van der Waals surface area contributed by atoms with Crippen LogP contribution in [0.5, 0.6) is 0 Å². The van der Waals surface area contributed by atoms with Crippen LogP contribution < -0.4 is 5.32 Å². The lowest BCUT2D eigenvalue weighted by atomic mass is 10.2. The van der Waals surface area contributed by atoms with Crippen molar-refractivity contribution in [2.45, 2.75) is 38.2 Å². The number of hydrogen-bond acceptors (Lipinski definition) is 4. The lowest BCUT2D eigenvalue weighted by Crippen LogP contribution is -2.54. The molecule has 1 rings (SSSR count). The molecule has 1 aliphatic rings. The Balaban J connectivity index is 2.54. The molecule has 1 saturated heterocycles.